The zero-order valence-corrected chi connectivity index (χ0v) is 19.4. The van der Waals surface area contributed by atoms with Crippen LogP contribution >= 0.6 is 0 Å². The van der Waals surface area contributed by atoms with Crippen LogP contribution in [0.25, 0.3) is 65.6 Å². The first kappa shape index (κ1) is 18.8. The lowest BCUT2D eigenvalue weighted by Crippen LogP contribution is -1.99. The fourth-order valence-corrected chi connectivity index (χ4v) is 5.97. The van der Waals surface area contributed by atoms with Gasteiger partial charge in [-0.2, -0.15) is 0 Å². The summed E-state index contributed by atoms with van der Waals surface area (Å²) in [6.45, 7) is 9.00. The maximum absolute atomic E-state index is 6.85. The summed E-state index contributed by atoms with van der Waals surface area (Å²) in [5, 5.41) is 7.32. The molecule has 3 aromatic heterocycles. The molecule has 0 aliphatic carbocycles. The summed E-state index contributed by atoms with van der Waals surface area (Å²) in [5.74, 6) is 0. The van der Waals surface area contributed by atoms with E-state index in [9.17, 15) is 0 Å². The molecular formula is C30H26N2O. The van der Waals surface area contributed by atoms with E-state index in [1.807, 2.05) is 0 Å². The molecule has 7 rings (SSSR count). The zero-order valence-electron chi connectivity index (χ0n) is 19.4. The van der Waals surface area contributed by atoms with Gasteiger partial charge in [0.1, 0.15) is 11.2 Å². The monoisotopic (exact) mass is 430 g/mol. The molecule has 4 aromatic carbocycles. The number of hydrogen-bond acceptors (Lipinski definition) is 1. The van der Waals surface area contributed by atoms with Crippen LogP contribution in [0.3, 0.4) is 0 Å². The average molecular weight is 431 g/mol. The largest absolute Gasteiger partial charge is 0.455 e. The van der Waals surface area contributed by atoms with Gasteiger partial charge in [0, 0.05) is 44.7 Å². The van der Waals surface area contributed by atoms with Gasteiger partial charge in [-0.25, -0.2) is 0 Å². The molecule has 0 aliphatic rings. The van der Waals surface area contributed by atoms with E-state index in [4.69, 9.17) is 4.42 Å². The number of aromatic nitrogens is 2. The fraction of sp³-hybridized carbons (Fsp3) is 0.200. The highest BCUT2D eigenvalue weighted by molar-refractivity contribution is 6.28. The van der Waals surface area contributed by atoms with Crippen LogP contribution in [0.4, 0.5) is 0 Å². The molecule has 0 fully saturated rings. The highest BCUT2D eigenvalue weighted by atomic mass is 16.3. The minimum absolute atomic E-state index is 0.366. The molecule has 33 heavy (non-hydrogen) atoms. The predicted molar refractivity (Wildman–Crippen MR) is 140 cm³/mol. The lowest BCUT2D eigenvalue weighted by molar-refractivity contribution is 0.641. The Bertz CT molecular complexity index is 1740. The topological polar surface area (TPSA) is 23.0 Å². The van der Waals surface area contributed by atoms with E-state index in [-0.39, 0.29) is 0 Å². The molecule has 0 saturated carbocycles. The van der Waals surface area contributed by atoms with Gasteiger partial charge < -0.3 is 13.6 Å². The second-order valence-electron chi connectivity index (χ2n) is 9.74. The Labute approximate surface area is 191 Å². The van der Waals surface area contributed by atoms with Crippen LogP contribution in [0, 0.1) is 0 Å². The second-order valence-corrected chi connectivity index (χ2v) is 9.74. The molecule has 0 radical (unpaired) electrons. The van der Waals surface area contributed by atoms with Gasteiger partial charge in [0.15, 0.2) is 0 Å². The molecule has 3 heterocycles. The summed E-state index contributed by atoms with van der Waals surface area (Å²) in [6, 6.07) is 27.2. The number of fused-ring (bicyclic) bond motifs is 11. The van der Waals surface area contributed by atoms with Gasteiger partial charge in [0.05, 0.1) is 21.8 Å². The number of benzene rings is 4. The van der Waals surface area contributed by atoms with Crippen molar-refractivity contribution in [2.24, 2.45) is 0 Å². The van der Waals surface area contributed by atoms with Crippen molar-refractivity contribution in [2.45, 2.75) is 39.8 Å². The third kappa shape index (κ3) is 2.29. The summed E-state index contributed by atoms with van der Waals surface area (Å²) >= 11 is 0. The Morgan fingerprint density at radius 2 is 0.909 bits per heavy atom. The van der Waals surface area contributed by atoms with Crippen molar-refractivity contribution in [1.82, 2.24) is 9.13 Å². The van der Waals surface area contributed by atoms with Gasteiger partial charge in [-0.15, -0.1) is 0 Å². The first-order chi connectivity index (χ1) is 16.1. The van der Waals surface area contributed by atoms with Gasteiger partial charge in [-0.05, 0) is 64.1 Å². The van der Waals surface area contributed by atoms with Gasteiger partial charge in [-0.3, -0.25) is 0 Å². The summed E-state index contributed by atoms with van der Waals surface area (Å²) in [7, 11) is 0. The van der Waals surface area contributed by atoms with Crippen molar-refractivity contribution >= 4 is 65.6 Å². The van der Waals surface area contributed by atoms with Gasteiger partial charge in [0.25, 0.3) is 0 Å². The van der Waals surface area contributed by atoms with E-state index in [1.165, 1.54) is 54.4 Å². The third-order valence-electron chi connectivity index (χ3n) is 7.18. The minimum atomic E-state index is 0.366. The van der Waals surface area contributed by atoms with Crippen molar-refractivity contribution < 1.29 is 4.42 Å². The summed E-state index contributed by atoms with van der Waals surface area (Å²) in [4.78, 5) is 0. The number of hydrogen-bond donors (Lipinski definition) is 0. The molecule has 0 atom stereocenters. The molecule has 3 nitrogen and oxygen atoms in total. The number of rotatable bonds is 2. The molecule has 0 N–H and O–H groups in total. The van der Waals surface area contributed by atoms with Crippen LogP contribution in [0.5, 0.6) is 0 Å². The SMILES string of the molecule is CC(C)n1c2ccccc2c2c3oc4c(ccc5c4c4ccccc4n5C(C)C)c3ccc21. The smallest absolute Gasteiger partial charge is 0.145 e. The van der Waals surface area contributed by atoms with Gasteiger partial charge in [0.2, 0.25) is 0 Å². The number of para-hydroxylation sites is 2. The fourth-order valence-electron chi connectivity index (χ4n) is 5.97. The lowest BCUT2D eigenvalue weighted by atomic mass is 10.1. The van der Waals surface area contributed by atoms with E-state index in [0.29, 0.717) is 12.1 Å². The molecule has 3 heteroatoms. The van der Waals surface area contributed by atoms with Crippen molar-refractivity contribution in [1.29, 1.82) is 0 Å². The summed E-state index contributed by atoms with van der Waals surface area (Å²) in [5.41, 5.74) is 6.98. The Kier molecular flexibility index (Phi) is 3.66. The number of furan rings is 1. The standard InChI is InChI=1S/C30H26N2O/c1-17(2)31-23-11-7-5-9-21(23)27-25(31)15-13-19-20-14-16-26-28(30(20)33-29(19)27)22-10-6-8-12-24(22)32(26)18(3)4/h5-18H,1-4H3. The van der Waals surface area contributed by atoms with E-state index >= 15 is 0 Å². The average Bonchev–Trinajstić information content (AvgIpc) is 3.45. The second kappa shape index (κ2) is 6.41. The van der Waals surface area contributed by atoms with Gasteiger partial charge >= 0.3 is 0 Å². The maximum Gasteiger partial charge on any atom is 0.145 e. The van der Waals surface area contributed by atoms with Crippen LogP contribution in [0.2, 0.25) is 0 Å². The van der Waals surface area contributed by atoms with E-state index < -0.39 is 0 Å². The highest BCUT2D eigenvalue weighted by Crippen LogP contribution is 2.44. The van der Waals surface area contributed by atoms with Crippen LogP contribution in [0.15, 0.2) is 77.2 Å². The summed E-state index contributed by atoms with van der Waals surface area (Å²) in [6.07, 6.45) is 0. The van der Waals surface area contributed by atoms with Crippen LogP contribution < -0.4 is 0 Å². The first-order valence-corrected chi connectivity index (χ1v) is 11.9. The van der Waals surface area contributed by atoms with Crippen molar-refractivity contribution in [3.8, 4) is 0 Å². The molecule has 0 spiro atoms. The van der Waals surface area contributed by atoms with Crippen molar-refractivity contribution in [3.63, 3.8) is 0 Å². The van der Waals surface area contributed by atoms with E-state index in [2.05, 4.69) is 110 Å². The van der Waals surface area contributed by atoms with Crippen LogP contribution in [-0.4, -0.2) is 9.13 Å². The Balaban J connectivity index is 1.73. The molecule has 7 aromatic rings. The van der Waals surface area contributed by atoms with Gasteiger partial charge in [-0.1, -0.05) is 36.4 Å². The predicted octanol–water partition coefficient (Wildman–Crippen LogP) is 8.96. The van der Waals surface area contributed by atoms with Crippen LogP contribution in [-0.2, 0) is 0 Å². The quantitative estimate of drug-likeness (QED) is 0.268. The maximum atomic E-state index is 6.85. The normalized spacial score (nSPS) is 12.8. The molecule has 0 unspecified atom stereocenters. The van der Waals surface area contributed by atoms with E-state index in [1.54, 1.807) is 0 Å². The van der Waals surface area contributed by atoms with Crippen molar-refractivity contribution in [2.75, 3.05) is 0 Å². The molecular weight excluding hydrogens is 404 g/mol. The molecule has 0 aliphatic heterocycles. The Morgan fingerprint density at radius 3 is 1.33 bits per heavy atom. The Hall–Kier alpha value is -3.72. The van der Waals surface area contributed by atoms with Crippen LogP contribution in [0.1, 0.15) is 39.8 Å². The molecule has 0 bridgehead atoms. The number of nitrogens with zero attached hydrogens (tertiary/aromatic N) is 2. The third-order valence-corrected chi connectivity index (χ3v) is 7.18. The van der Waals surface area contributed by atoms with E-state index in [0.717, 1.165) is 11.2 Å². The first-order valence-electron chi connectivity index (χ1n) is 11.9. The molecule has 162 valence electrons. The summed E-state index contributed by atoms with van der Waals surface area (Å²) < 4.78 is 11.7. The zero-order chi connectivity index (χ0) is 22.4. The lowest BCUT2D eigenvalue weighted by Gasteiger charge is -2.11. The van der Waals surface area contributed by atoms with Crippen molar-refractivity contribution in [3.05, 3.63) is 72.8 Å². The minimum Gasteiger partial charge on any atom is -0.455 e. The molecule has 0 saturated heterocycles. The Morgan fingerprint density at radius 1 is 0.485 bits per heavy atom. The molecule has 0 amide bonds. The highest BCUT2D eigenvalue weighted by Gasteiger charge is 2.22.